The molecule has 6 nitrogen and oxygen atoms in total. The molecule has 0 bridgehead atoms. The summed E-state index contributed by atoms with van der Waals surface area (Å²) in [7, 11) is 0. The van der Waals surface area contributed by atoms with Gasteiger partial charge in [0.2, 0.25) is 5.89 Å². The van der Waals surface area contributed by atoms with E-state index < -0.39 is 24.6 Å². The Kier molecular flexibility index (Phi) is 5.25. The van der Waals surface area contributed by atoms with Crippen LogP contribution in [0.5, 0.6) is 0 Å². The number of rotatable bonds is 6. The molecular weight excluding hydrogens is 409 g/mol. The van der Waals surface area contributed by atoms with Gasteiger partial charge in [-0.1, -0.05) is 29.5 Å². The van der Waals surface area contributed by atoms with Crippen molar-refractivity contribution in [1.29, 1.82) is 0 Å². The van der Waals surface area contributed by atoms with Crippen LogP contribution in [0, 0.1) is 5.82 Å². The van der Waals surface area contributed by atoms with Gasteiger partial charge >= 0.3 is 6.43 Å². The zero-order chi connectivity index (χ0) is 21.3. The van der Waals surface area contributed by atoms with Gasteiger partial charge in [0, 0.05) is 22.3 Å². The minimum absolute atomic E-state index is 0.0137. The lowest BCUT2D eigenvalue weighted by atomic mass is 10.1. The van der Waals surface area contributed by atoms with Gasteiger partial charge in [-0.05, 0) is 18.2 Å². The van der Waals surface area contributed by atoms with E-state index in [0.29, 0.717) is 11.3 Å². The second-order valence-electron chi connectivity index (χ2n) is 6.28. The molecule has 0 fully saturated rings. The highest BCUT2D eigenvalue weighted by molar-refractivity contribution is 5.59. The second-order valence-corrected chi connectivity index (χ2v) is 6.28. The average Bonchev–Trinajstić information content (AvgIpc) is 3.39. The lowest BCUT2D eigenvalue weighted by Crippen LogP contribution is -2.03. The van der Waals surface area contributed by atoms with Gasteiger partial charge in [0.15, 0.2) is 0 Å². The molecule has 0 aliphatic rings. The van der Waals surface area contributed by atoms with Gasteiger partial charge in [0.25, 0.3) is 12.3 Å². The van der Waals surface area contributed by atoms with Crippen LogP contribution in [0.3, 0.4) is 0 Å². The molecule has 2 aromatic carbocycles. The minimum Gasteiger partial charge on any atom is -0.415 e. The summed E-state index contributed by atoms with van der Waals surface area (Å²) in [6, 6.07) is 9.69. The quantitative estimate of drug-likeness (QED) is 0.407. The maximum Gasteiger partial charge on any atom is 0.314 e. The minimum atomic E-state index is -2.92. The zero-order valence-electron chi connectivity index (χ0n) is 15.0. The van der Waals surface area contributed by atoms with E-state index in [1.54, 1.807) is 6.07 Å². The van der Waals surface area contributed by atoms with Crippen molar-refractivity contribution in [2.45, 2.75) is 19.4 Å². The number of benzene rings is 2. The first-order chi connectivity index (χ1) is 14.4. The third kappa shape index (κ3) is 4.04. The topological polar surface area (TPSA) is 69.6 Å². The van der Waals surface area contributed by atoms with Crippen LogP contribution in [-0.2, 0) is 6.54 Å². The zero-order valence-corrected chi connectivity index (χ0v) is 15.0. The summed E-state index contributed by atoms with van der Waals surface area (Å²) in [5.41, 5.74) is 1.07. The van der Waals surface area contributed by atoms with E-state index in [-0.39, 0.29) is 29.1 Å². The van der Waals surface area contributed by atoms with Gasteiger partial charge in [-0.25, -0.2) is 17.9 Å². The Labute approximate surface area is 166 Å². The Balaban J connectivity index is 1.53. The summed E-state index contributed by atoms with van der Waals surface area (Å²) >= 11 is 0. The number of nitrogens with zero attached hydrogens (tertiary/aromatic N) is 5. The first kappa shape index (κ1) is 19.7. The molecule has 154 valence electrons. The molecule has 4 rings (SSSR count). The van der Waals surface area contributed by atoms with Gasteiger partial charge in [-0.15, -0.1) is 15.3 Å². The normalized spacial score (nSPS) is 11.6. The van der Waals surface area contributed by atoms with Crippen molar-refractivity contribution in [1.82, 2.24) is 25.2 Å². The molecule has 2 aromatic heterocycles. The van der Waals surface area contributed by atoms with Crippen LogP contribution < -0.4 is 0 Å². The van der Waals surface area contributed by atoms with Gasteiger partial charge in [-0.2, -0.15) is 8.78 Å². The molecule has 0 atom stereocenters. The van der Waals surface area contributed by atoms with Crippen LogP contribution in [-0.4, -0.2) is 25.2 Å². The van der Waals surface area contributed by atoms with Crippen LogP contribution in [0.4, 0.5) is 22.0 Å². The Hall–Kier alpha value is -3.63. The van der Waals surface area contributed by atoms with Crippen LogP contribution >= 0.6 is 0 Å². The average molecular weight is 421 g/mol. The molecule has 0 N–H and O–H groups in total. The maximum absolute atomic E-state index is 14.5. The van der Waals surface area contributed by atoms with Crippen LogP contribution in [0.1, 0.15) is 29.9 Å². The third-order valence-corrected chi connectivity index (χ3v) is 4.23. The van der Waals surface area contributed by atoms with E-state index >= 15 is 0 Å². The molecule has 30 heavy (non-hydrogen) atoms. The lowest BCUT2D eigenvalue weighted by molar-refractivity contribution is 0.116. The molecule has 0 spiro atoms. The van der Waals surface area contributed by atoms with Crippen molar-refractivity contribution in [2.75, 3.05) is 0 Å². The number of hydrogen-bond donors (Lipinski definition) is 0. The molecule has 11 heteroatoms. The highest BCUT2D eigenvalue weighted by Gasteiger charge is 2.18. The number of hydrogen-bond acceptors (Lipinski definition) is 5. The van der Waals surface area contributed by atoms with Crippen molar-refractivity contribution >= 4 is 0 Å². The second kappa shape index (κ2) is 8.01. The van der Waals surface area contributed by atoms with Crippen LogP contribution in [0.25, 0.3) is 22.7 Å². The summed E-state index contributed by atoms with van der Waals surface area (Å²) in [6.45, 7) is 0.0137. The Morgan fingerprint density at radius 1 is 0.900 bits per heavy atom. The monoisotopic (exact) mass is 421 g/mol. The van der Waals surface area contributed by atoms with Crippen LogP contribution in [0.15, 0.2) is 53.1 Å². The number of alkyl halides is 4. The molecule has 0 aliphatic carbocycles. The molecule has 0 amide bonds. The molecule has 2 heterocycles. The fourth-order valence-electron chi connectivity index (χ4n) is 2.76. The highest BCUT2D eigenvalue weighted by Crippen LogP contribution is 2.26. The third-order valence-electron chi connectivity index (χ3n) is 4.23. The summed E-state index contributed by atoms with van der Waals surface area (Å²) in [6.07, 6.45) is -4.02. The molecule has 0 saturated carbocycles. The van der Waals surface area contributed by atoms with E-state index in [1.165, 1.54) is 41.2 Å². The predicted octanol–water partition coefficient (Wildman–Crippen LogP) is 5.06. The summed E-state index contributed by atoms with van der Waals surface area (Å²) in [4.78, 5) is 0. The summed E-state index contributed by atoms with van der Waals surface area (Å²) in [5.74, 6) is -1.71. The van der Waals surface area contributed by atoms with E-state index in [2.05, 4.69) is 20.5 Å². The fraction of sp³-hybridized carbons (Fsp3) is 0.158. The first-order valence-electron chi connectivity index (χ1n) is 8.59. The molecule has 4 aromatic rings. The van der Waals surface area contributed by atoms with Gasteiger partial charge < -0.3 is 4.42 Å². The van der Waals surface area contributed by atoms with Crippen molar-refractivity contribution in [2.24, 2.45) is 0 Å². The largest absolute Gasteiger partial charge is 0.415 e. The van der Waals surface area contributed by atoms with Crippen molar-refractivity contribution < 1.29 is 26.4 Å². The van der Waals surface area contributed by atoms with Gasteiger partial charge in [-0.3, -0.25) is 0 Å². The van der Waals surface area contributed by atoms with Gasteiger partial charge in [0.05, 0.1) is 12.7 Å². The maximum atomic E-state index is 14.5. The molecular formula is C19H12F5N5O. The SMILES string of the molecule is Fc1cc(-c2nnc(C(F)F)o2)ccc1Cn1cc(-c2cccc(C(F)F)c2)nn1. The van der Waals surface area contributed by atoms with E-state index in [0.717, 1.165) is 6.07 Å². The van der Waals surface area contributed by atoms with Gasteiger partial charge in [0.1, 0.15) is 11.5 Å². The van der Waals surface area contributed by atoms with Crippen molar-refractivity contribution in [3.05, 3.63) is 71.5 Å². The number of halogens is 5. The molecule has 0 saturated heterocycles. The summed E-state index contributed by atoms with van der Waals surface area (Å²) < 4.78 is 71.4. The number of aromatic nitrogens is 5. The molecule has 0 unspecified atom stereocenters. The van der Waals surface area contributed by atoms with E-state index in [1.807, 2.05) is 0 Å². The van der Waals surface area contributed by atoms with E-state index in [9.17, 15) is 22.0 Å². The van der Waals surface area contributed by atoms with E-state index in [4.69, 9.17) is 4.42 Å². The smallest absolute Gasteiger partial charge is 0.314 e. The van der Waals surface area contributed by atoms with Crippen molar-refractivity contribution in [3.63, 3.8) is 0 Å². The first-order valence-corrected chi connectivity index (χ1v) is 8.59. The Morgan fingerprint density at radius 2 is 1.73 bits per heavy atom. The standard InChI is InChI=1S/C19H12F5N5O/c20-14-7-12(18-26-27-19(30-18)17(23)24)4-5-13(14)8-29-9-15(25-28-29)10-2-1-3-11(6-10)16(21)22/h1-7,9,16-17H,8H2. The summed E-state index contributed by atoms with van der Waals surface area (Å²) in [5, 5.41) is 14.5. The van der Waals surface area contributed by atoms with Crippen LogP contribution in [0.2, 0.25) is 0 Å². The molecule has 0 aliphatic heterocycles. The van der Waals surface area contributed by atoms with Crippen molar-refractivity contribution in [3.8, 4) is 22.7 Å². The predicted molar refractivity (Wildman–Crippen MR) is 94.2 cm³/mol. The Bertz CT molecular complexity index is 1170. The molecule has 0 radical (unpaired) electrons. The Morgan fingerprint density at radius 3 is 2.43 bits per heavy atom. The fourth-order valence-corrected chi connectivity index (χ4v) is 2.76. The lowest BCUT2D eigenvalue weighted by Gasteiger charge is -2.04. The highest BCUT2D eigenvalue weighted by atomic mass is 19.3.